The van der Waals surface area contributed by atoms with Gasteiger partial charge in [-0.2, -0.15) is 0 Å². The SMILES string of the molecule is CN=C(NCc1ccc(C)cc1OC)NCC1(c2cc(C)ccc2OC)CCOCC1. The molecule has 6 heteroatoms. The summed E-state index contributed by atoms with van der Waals surface area (Å²) >= 11 is 0. The van der Waals surface area contributed by atoms with Crippen molar-refractivity contribution in [3.8, 4) is 11.5 Å². The van der Waals surface area contributed by atoms with Crippen LogP contribution in [0.3, 0.4) is 0 Å². The monoisotopic (exact) mass is 425 g/mol. The number of rotatable bonds is 7. The van der Waals surface area contributed by atoms with Gasteiger partial charge in [-0.05, 0) is 44.4 Å². The van der Waals surface area contributed by atoms with Crippen molar-refractivity contribution in [3.63, 3.8) is 0 Å². The van der Waals surface area contributed by atoms with Crippen LogP contribution in [0.1, 0.15) is 35.1 Å². The Morgan fingerprint density at radius 2 is 1.65 bits per heavy atom. The zero-order valence-electron chi connectivity index (χ0n) is 19.4. The summed E-state index contributed by atoms with van der Waals surface area (Å²) in [6.45, 7) is 7.05. The van der Waals surface area contributed by atoms with E-state index in [4.69, 9.17) is 14.2 Å². The van der Waals surface area contributed by atoms with Crippen LogP contribution in [-0.4, -0.2) is 47.0 Å². The Balaban J connectivity index is 1.75. The lowest BCUT2D eigenvalue weighted by Crippen LogP contribution is -2.48. The largest absolute Gasteiger partial charge is 0.496 e. The highest BCUT2D eigenvalue weighted by atomic mass is 16.5. The van der Waals surface area contributed by atoms with E-state index in [1.165, 1.54) is 16.7 Å². The maximum Gasteiger partial charge on any atom is 0.191 e. The van der Waals surface area contributed by atoms with Crippen molar-refractivity contribution in [2.75, 3.05) is 41.0 Å². The molecule has 2 aromatic rings. The molecule has 1 aliphatic heterocycles. The van der Waals surface area contributed by atoms with Gasteiger partial charge in [-0.25, -0.2) is 0 Å². The molecule has 0 aromatic heterocycles. The highest BCUT2D eigenvalue weighted by molar-refractivity contribution is 5.79. The number of nitrogens with zero attached hydrogens (tertiary/aromatic N) is 1. The van der Waals surface area contributed by atoms with Crippen molar-refractivity contribution in [3.05, 3.63) is 58.7 Å². The minimum Gasteiger partial charge on any atom is -0.496 e. The Morgan fingerprint density at radius 3 is 2.32 bits per heavy atom. The van der Waals surface area contributed by atoms with Gasteiger partial charge in [0.2, 0.25) is 0 Å². The van der Waals surface area contributed by atoms with Crippen LogP contribution in [-0.2, 0) is 16.7 Å². The van der Waals surface area contributed by atoms with Crippen LogP contribution in [0.5, 0.6) is 11.5 Å². The van der Waals surface area contributed by atoms with Crippen molar-refractivity contribution in [1.29, 1.82) is 0 Å². The second-order valence-corrected chi connectivity index (χ2v) is 8.19. The second-order valence-electron chi connectivity index (χ2n) is 8.19. The number of guanidine groups is 1. The van der Waals surface area contributed by atoms with Gasteiger partial charge in [0.1, 0.15) is 11.5 Å². The smallest absolute Gasteiger partial charge is 0.191 e. The Labute approximate surface area is 186 Å². The maximum absolute atomic E-state index is 5.72. The van der Waals surface area contributed by atoms with Gasteiger partial charge in [0, 0.05) is 49.9 Å². The normalized spacial score (nSPS) is 16.0. The van der Waals surface area contributed by atoms with Crippen LogP contribution in [0.25, 0.3) is 0 Å². The number of hydrogen-bond acceptors (Lipinski definition) is 4. The lowest BCUT2D eigenvalue weighted by Gasteiger charge is -2.39. The summed E-state index contributed by atoms with van der Waals surface area (Å²) in [5, 5.41) is 6.98. The summed E-state index contributed by atoms with van der Waals surface area (Å²) in [5.41, 5.74) is 4.67. The van der Waals surface area contributed by atoms with Gasteiger partial charge in [0.05, 0.1) is 14.2 Å². The predicted molar refractivity (Wildman–Crippen MR) is 125 cm³/mol. The molecule has 0 radical (unpaired) electrons. The molecule has 1 saturated heterocycles. The predicted octanol–water partition coefficient (Wildman–Crippen LogP) is 3.73. The van der Waals surface area contributed by atoms with E-state index in [1.54, 1.807) is 21.3 Å². The number of ether oxygens (including phenoxy) is 3. The van der Waals surface area contributed by atoms with E-state index < -0.39 is 0 Å². The first kappa shape index (κ1) is 22.9. The Kier molecular flexibility index (Phi) is 7.80. The third-order valence-corrected chi connectivity index (χ3v) is 6.08. The summed E-state index contributed by atoms with van der Waals surface area (Å²) in [4.78, 5) is 4.44. The van der Waals surface area contributed by atoms with Gasteiger partial charge in [0.15, 0.2) is 5.96 Å². The minimum atomic E-state index is -0.0746. The standard InChI is InChI=1S/C25H35N3O3/c1-18-7-9-22(29-4)21(14-18)25(10-12-31-13-11-25)17-28-24(26-3)27-16-20-8-6-19(2)15-23(20)30-5/h6-9,14-15H,10-13,16-17H2,1-5H3,(H2,26,27,28). The fraction of sp³-hybridized carbons (Fsp3) is 0.480. The molecule has 1 fully saturated rings. The molecule has 6 nitrogen and oxygen atoms in total. The first-order valence-electron chi connectivity index (χ1n) is 10.8. The highest BCUT2D eigenvalue weighted by Crippen LogP contribution is 2.40. The third kappa shape index (κ3) is 5.50. The minimum absolute atomic E-state index is 0.0746. The van der Waals surface area contributed by atoms with E-state index in [2.05, 4.69) is 59.8 Å². The molecule has 2 N–H and O–H groups in total. The number of nitrogens with one attached hydrogen (secondary N) is 2. The molecule has 0 saturated carbocycles. The van der Waals surface area contributed by atoms with E-state index >= 15 is 0 Å². The van der Waals surface area contributed by atoms with Crippen LogP contribution < -0.4 is 20.1 Å². The second kappa shape index (κ2) is 10.5. The first-order chi connectivity index (χ1) is 15.0. The molecule has 1 aliphatic rings. The molecule has 3 rings (SSSR count). The Morgan fingerprint density at radius 1 is 0.968 bits per heavy atom. The molecule has 0 bridgehead atoms. The summed E-state index contributed by atoms with van der Waals surface area (Å²) in [5.74, 6) is 2.58. The number of benzene rings is 2. The van der Waals surface area contributed by atoms with Gasteiger partial charge in [-0.3, -0.25) is 4.99 Å². The van der Waals surface area contributed by atoms with Gasteiger partial charge in [-0.1, -0.05) is 29.8 Å². The van der Waals surface area contributed by atoms with E-state index in [0.717, 1.165) is 55.6 Å². The molecule has 31 heavy (non-hydrogen) atoms. The zero-order chi connectivity index (χ0) is 22.3. The highest BCUT2D eigenvalue weighted by Gasteiger charge is 2.37. The summed E-state index contributed by atoms with van der Waals surface area (Å²) in [7, 11) is 5.24. The molecule has 0 atom stereocenters. The van der Waals surface area contributed by atoms with Crippen molar-refractivity contribution < 1.29 is 14.2 Å². The first-order valence-corrected chi connectivity index (χ1v) is 10.8. The van der Waals surface area contributed by atoms with E-state index in [1.807, 2.05) is 6.07 Å². The molecule has 0 amide bonds. The van der Waals surface area contributed by atoms with Crippen molar-refractivity contribution in [1.82, 2.24) is 10.6 Å². The fourth-order valence-electron chi connectivity index (χ4n) is 4.19. The maximum atomic E-state index is 5.72. The molecule has 0 spiro atoms. The van der Waals surface area contributed by atoms with Gasteiger partial charge < -0.3 is 24.8 Å². The lowest BCUT2D eigenvalue weighted by molar-refractivity contribution is 0.0505. The number of aryl methyl sites for hydroxylation is 2. The van der Waals surface area contributed by atoms with Crippen LogP contribution in [0.2, 0.25) is 0 Å². The molecular formula is C25H35N3O3. The van der Waals surface area contributed by atoms with E-state index in [9.17, 15) is 0 Å². The van der Waals surface area contributed by atoms with Crippen LogP contribution >= 0.6 is 0 Å². The van der Waals surface area contributed by atoms with Crippen molar-refractivity contribution in [2.45, 2.75) is 38.6 Å². The molecule has 0 aliphatic carbocycles. The van der Waals surface area contributed by atoms with Gasteiger partial charge >= 0.3 is 0 Å². The number of aliphatic imine (C=N–C) groups is 1. The Hall–Kier alpha value is -2.73. The lowest BCUT2D eigenvalue weighted by atomic mass is 9.73. The van der Waals surface area contributed by atoms with Crippen LogP contribution in [0.15, 0.2) is 41.4 Å². The average molecular weight is 426 g/mol. The third-order valence-electron chi connectivity index (χ3n) is 6.08. The topological polar surface area (TPSA) is 64.1 Å². The Bertz CT molecular complexity index is 905. The van der Waals surface area contributed by atoms with Crippen molar-refractivity contribution >= 4 is 5.96 Å². The summed E-state index contributed by atoms with van der Waals surface area (Å²) in [6, 6.07) is 12.6. The molecule has 0 unspecified atom stereocenters. The van der Waals surface area contributed by atoms with Crippen molar-refractivity contribution in [2.24, 2.45) is 4.99 Å². The summed E-state index contributed by atoms with van der Waals surface area (Å²) < 4.78 is 16.9. The van der Waals surface area contributed by atoms with Crippen LogP contribution in [0.4, 0.5) is 0 Å². The van der Waals surface area contributed by atoms with Crippen LogP contribution in [0, 0.1) is 13.8 Å². The zero-order valence-corrected chi connectivity index (χ0v) is 19.4. The van der Waals surface area contributed by atoms with Gasteiger partial charge in [0.25, 0.3) is 0 Å². The average Bonchev–Trinajstić information content (AvgIpc) is 2.80. The van der Waals surface area contributed by atoms with Gasteiger partial charge in [-0.15, -0.1) is 0 Å². The fourth-order valence-corrected chi connectivity index (χ4v) is 4.19. The summed E-state index contributed by atoms with van der Waals surface area (Å²) in [6.07, 6.45) is 1.87. The van der Waals surface area contributed by atoms with E-state index in [0.29, 0.717) is 6.54 Å². The molecule has 1 heterocycles. The molecule has 2 aromatic carbocycles. The number of methoxy groups -OCH3 is 2. The van der Waals surface area contributed by atoms with E-state index in [-0.39, 0.29) is 5.41 Å². The quantitative estimate of drug-likeness (QED) is 0.523. The molecule has 168 valence electrons. The molecular weight excluding hydrogens is 390 g/mol. The number of hydrogen-bond donors (Lipinski definition) is 2.